The van der Waals surface area contributed by atoms with Crippen molar-refractivity contribution in [1.82, 2.24) is 0 Å². The molecule has 0 bridgehead atoms. The van der Waals surface area contributed by atoms with Crippen LogP contribution >= 0.6 is 0 Å². The molecular weight excluding hydrogens is 396 g/mol. The van der Waals surface area contributed by atoms with E-state index in [2.05, 4.69) is 38.2 Å². The fourth-order valence-corrected chi connectivity index (χ4v) is 7.26. The molecule has 0 saturated heterocycles. The lowest BCUT2D eigenvalue weighted by atomic mass is 9.68. The van der Waals surface area contributed by atoms with Gasteiger partial charge in [0.2, 0.25) is 0 Å². The standard InChI is InChI=1S/C33H56/c1-4-6-8-14-30-23-25-31(26-24-30)27(3)33-18-12-11-17-32(33)16-10-9-15-29-21-19-28(20-22-29)13-7-5-2/h7,10,13,16,28-33H,3-6,8-9,11-12,14-15,17-26H2,1-2H3/b13-7+,16-10+. The molecule has 3 saturated carbocycles. The number of allylic oxidation sites excluding steroid dienone is 5. The van der Waals surface area contributed by atoms with Gasteiger partial charge in [-0.15, -0.1) is 0 Å². The zero-order chi connectivity index (χ0) is 23.3. The maximum atomic E-state index is 4.74. The van der Waals surface area contributed by atoms with Gasteiger partial charge in [-0.3, -0.25) is 0 Å². The Balaban J connectivity index is 1.38. The SMILES string of the molecule is C=C(C1CCC(CCCCC)CC1)C1CCCCC1/C=C/CCC1CCC(/C=C/CC)CC1. The predicted molar refractivity (Wildman–Crippen MR) is 147 cm³/mol. The first kappa shape index (κ1) is 26.8. The molecule has 188 valence electrons. The molecule has 3 fully saturated rings. The summed E-state index contributed by atoms with van der Waals surface area (Å²) in [4.78, 5) is 0. The number of rotatable bonds is 12. The van der Waals surface area contributed by atoms with Gasteiger partial charge in [0, 0.05) is 0 Å². The minimum atomic E-state index is 0.775. The summed E-state index contributed by atoms with van der Waals surface area (Å²) in [6, 6.07) is 0. The predicted octanol–water partition coefficient (Wildman–Crippen LogP) is 10.8. The van der Waals surface area contributed by atoms with E-state index in [1.54, 1.807) is 5.57 Å². The van der Waals surface area contributed by atoms with Gasteiger partial charge in [-0.2, -0.15) is 0 Å². The van der Waals surface area contributed by atoms with Crippen molar-refractivity contribution in [3.05, 3.63) is 36.5 Å². The van der Waals surface area contributed by atoms with Crippen LogP contribution in [0.25, 0.3) is 0 Å². The minimum Gasteiger partial charge on any atom is -0.0993 e. The van der Waals surface area contributed by atoms with Gasteiger partial charge in [0.25, 0.3) is 0 Å². The fourth-order valence-electron chi connectivity index (χ4n) is 7.26. The van der Waals surface area contributed by atoms with Crippen LogP contribution in [0.1, 0.15) is 136 Å². The molecule has 0 amide bonds. The highest BCUT2D eigenvalue weighted by molar-refractivity contribution is 5.13. The highest BCUT2D eigenvalue weighted by atomic mass is 14.4. The van der Waals surface area contributed by atoms with Gasteiger partial charge in [0.05, 0.1) is 0 Å². The van der Waals surface area contributed by atoms with Crippen molar-refractivity contribution in [2.45, 2.75) is 136 Å². The number of hydrogen-bond donors (Lipinski definition) is 0. The van der Waals surface area contributed by atoms with Crippen LogP contribution in [0.5, 0.6) is 0 Å². The Bertz CT molecular complexity index is 579. The Labute approximate surface area is 207 Å². The molecule has 0 aromatic heterocycles. The molecule has 3 aliphatic carbocycles. The van der Waals surface area contributed by atoms with E-state index in [9.17, 15) is 0 Å². The van der Waals surface area contributed by atoms with Crippen LogP contribution in [0.4, 0.5) is 0 Å². The van der Waals surface area contributed by atoms with Crippen molar-refractivity contribution >= 4 is 0 Å². The molecule has 2 unspecified atom stereocenters. The smallest absolute Gasteiger partial charge is 0.0140 e. The van der Waals surface area contributed by atoms with Crippen LogP contribution in [0.3, 0.4) is 0 Å². The number of unbranched alkanes of at least 4 members (excludes halogenated alkanes) is 2. The topological polar surface area (TPSA) is 0 Å². The van der Waals surface area contributed by atoms with E-state index < -0.39 is 0 Å². The Hall–Kier alpha value is -0.780. The molecule has 33 heavy (non-hydrogen) atoms. The summed E-state index contributed by atoms with van der Waals surface area (Å²) in [5, 5.41) is 0. The van der Waals surface area contributed by atoms with Gasteiger partial charge >= 0.3 is 0 Å². The summed E-state index contributed by atoms with van der Waals surface area (Å²) in [6.07, 6.45) is 37.0. The van der Waals surface area contributed by atoms with E-state index in [4.69, 9.17) is 6.58 Å². The van der Waals surface area contributed by atoms with Gasteiger partial charge in [-0.25, -0.2) is 0 Å². The molecule has 0 N–H and O–H groups in total. The lowest BCUT2D eigenvalue weighted by molar-refractivity contribution is 0.242. The normalized spacial score (nSPS) is 33.6. The van der Waals surface area contributed by atoms with Crippen molar-refractivity contribution in [3.8, 4) is 0 Å². The molecule has 0 aromatic rings. The second-order valence-corrected chi connectivity index (χ2v) is 12.0. The lowest BCUT2D eigenvalue weighted by Gasteiger charge is -2.37. The molecule has 0 heteroatoms. The molecule has 0 nitrogen and oxygen atoms in total. The van der Waals surface area contributed by atoms with Crippen molar-refractivity contribution in [3.63, 3.8) is 0 Å². The van der Waals surface area contributed by atoms with Crippen molar-refractivity contribution in [1.29, 1.82) is 0 Å². The van der Waals surface area contributed by atoms with Crippen molar-refractivity contribution in [2.75, 3.05) is 0 Å². The summed E-state index contributed by atoms with van der Waals surface area (Å²) < 4.78 is 0. The molecule has 0 radical (unpaired) electrons. The largest absolute Gasteiger partial charge is 0.0993 e. The van der Waals surface area contributed by atoms with E-state index in [-0.39, 0.29) is 0 Å². The quantitative estimate of drug-likeness (QED) is 0.204. The van der Waals surface area contributed by atoms with E-state index >= 15 is 0 Å². The Morgan fingerprint density at radius 3 is 2.15 bits per heavy atom. The number of hydrogen-bond acceptors (Lipinski definition) is 0. The first-order valence-electron chi connectivity index (χ1n) is 15.2. The maximum absolute atomic E-state index is 4.74. The van der Waals surface area contributed by atoms with Crippen LogP contribution in [0.2, 0.25) is 0 Å². The molecule has 0 heterocycles. The highest BCUT2D eigenvalue weighted by Crippen LogP contribution is 2.44. The van der Waals surface area contributed by atoms with E-state index in [1.807, 2.05) is 0 Å². The van der Waals surface area contributed by atoms with Gasteiger partial charge < -0.3 is 0 Å². The average molecular weight is 453 g/mol. The summed E-state index contributed by atoms with van der Waals surface area (Å²) >= 11 is 0. The molecular formula is C33H56. The van der Waals surface area contributed by atoms with E-state index in [1.165, 1.54) is 122 Å². The van der Waals surface area contributed by atoms with Gasteiger partial charge in [-0.05, 0) is 119 Å². The summed E-state index contributed by atoms with van der Waals surface area (Å²) in [7, 11) is 0. The molecule has 0 spiro atoms. The fraction of sp³-hybridized carbons (Fsp3) is 0.818. The zero-order valence-corrected chi connectivity index (χ0v) is 22.4. The van der Waals surface area contributed by atoms with Crippen molar-refractivity contribution in [2.24, 2.45) is 35.5 Å². The first-order chi connectivity index (χ1) is 16.2. The van der Waals surface area contributed by atoms with Crippen LogP contribution in [0.15, 0.2) is 36.5 Å². The molecule has 0 aliphatic heterocycles. The van der Waals surface area contributed by atoms with Crippen molar-refractivity contribution < 1.29 is 0 Å². The second kappa shape index (κ2) is 15.3. The molecule has 2 atom stereocenters. The average Bonchev–Trinajstić information content (AvgIpc) is 2.86. The van der Waals surface area contributed by atoms with Gasteiger partial charge in [0.1, 0.15) is 0 Å². The monoisotopic (exact) mass is 452 g/mol. The van der Waals surface area contributed by atoms with Crippen LogP contribution < -0.4 is 0 Å². The minimum absolute atomic E-state index is 0.775. The molecule has 3 rings (SSSR count). The third-order valence-corrected chi connectivity index (χ3v) is 9.54. The van der Waals surface area contributed by atoms with Crippen LogP contribution in [-0.4, -0.2) is 0 Å². The first-order valence-corrected chi connectivity index (χ1v) is 15.2. The summed E-state index contributed by atoms with van der Waals surface area (Å²) in [5.74, 6) is 5.24. The van der Waals surface area contributed by atoms with Gasteiger partial charge in [-0.1, -0.05) is 88.8 Å². The maximum Gasteiger partial charge on any atom is -0.0140 e. The Morgan fingerprint density at radius 2 is 1.42 bits per heavy atom. The van der Waals surface area contributed by atoms with Crippen LogP contribution in [-0.2, 0) is 0 Å². The van der Waals surface area contributed by atoms with E-state index in [0.717, 1.165) is 35.5 Å². The zero-order valence-electron chi connectivity index (χ0n) is 22.4. The molecule has 0 aromatic carbocycles. The van der Waals surface area contributed by atoms with Crippen LogP contribution in [0, 0.1) is 35.5 Å². The molecule has 3 aliphatic rings. The van der Waals surface area contributed by atoms with Gasteiger partial charge in [0.15, 0.2) is 0 Å². The Morgan fingerprint density at radius 1 is 0.727 bits per heavy atom. The third kappa shape index (κ3) is 9.07. The third-order valence-electron chi connectivity index (χ3n) is 9.54. The van der Waals surface area contributed by atoms with E-state index in [0.29, 0.717) is 0 Å². The Kier molecular flexibility index (Phi) is 12.4. The lowest BCUT2D eigenvalue weighted by Crippen LogP contribution is -2.26. The second-order valence-electron chi connectivity index (χ2n) is 12.0. The summed E-state index contributed by atoms with van der Waals surface area (Å²) in [5.41, 5.74) is 1.65. The summed E-state index contributed by atoms with van der Waals surface area (Å²) in [6.45, 7) is 9.32. The highest BCUT2D eigenvalue weighted by Gasteiger charge is 2.31.